The van der Waals surface area contributed by atoms with Crippen molar-refractivity contribution in [2.75, 3.05) is 18.8 Å². The topological polar surface area (TPSA) is 32.3 Å². The molecule has 0 amide bonds. The zero-order valence-corrected chi connectivity index (χ0v) is 8.16. The van der Waals surface area contributed by atoms with Gasteiger partial charge in [0.1, 0.15) is 0 Å². The smallest absolute Gasteiger partial charge is 0.0806 e. The van der Waals surface area contributed by atoms with Crippen LogP contribution in [-0.4, -0.2) is 30.1 Å². The number of thioether (sulfide) groups is 1. The second-order valence-electron chi connectivity index (χ2n) is 3.61. The molecule has 0 aromatic heterocycles. The highest BCUT2D eigenvalue weighted by atomic mass is 32.2. The van der Waals surface area contributed by atoms with Crippen molar-refractivity contribution in [1.29, 1.82) is 0 Å². The highest BCUT2D eigenvalue weighted by Crippen LogP contribution is 2.36. The Balaban J connectivity index is 2.22. The number of hydrogen-bond donors (Lipinski definition) is 2. The van der Waals surface area contributed by atoms with Crippen LogP contribution in [0, 0.1) is 5.92 Å². The van der Waals surface area contributed by atoms with Crippen molar-refractivity contribution in [3.05, 3.63) is 10.5 Å². The minimum Gasteiger partial charge on any atom is -0.388 e. The van der Waals surface area contributed by atoms with E-state index in [2.05, 4.69) is 12.2 Å². The van der Waals surface area contributed by atoms with Crippen LogP contribution < -0.4 is 5.32 Å². The highest BCUT2D eigenvalue weighted by Gasteiger charge is 2.28. The van der Waals surface area contributed by atoms with Crippen molar-refractivity contribution >= 4 is 11.8 Å². The van der Waals surface area contributed by atoms with Gasteiger partial charge in [-0.3, -0.25) is 0 Å². The summed E-state index contributed by atoms with van der Waals surface area (Å²) < 4.78 is 0. The maximum Gasteiger partial charge on any atom is 0.0806 e. The van der Waals surface area contributed by atoms with Crippen molar-refractivity contribution < 1.29 is 5.11 Å². The molecule has 0 aromatic rings. The standard InChI is InChI=1S/C9H15NOS/c1-6-5-12-8-2-3-10-4-7(8)9(6)11/h6,9-11H,2-5H2,1H3/t6-,9+/m0/s1. The van der Waals surface area contributed by atoms with Gasteiger partial charge in [-0.2, -0.15) is 0 Å². The molecule has 0 saturated carbocycles. The summed E-state index contributed by atoms with van der Waals surface area (Å²) in [5.74, 6) is 1.51. The zero-order valence-electron chi connectivity index (χ0n) is 7.34. The van der Waals surface area contributed by atoms with E-state index in [-0.39, 0.29) is 6.10 Å². The lowest BCUT2D eigenvalue weighted by molar-refractivity contribution is 0.156. The van der Waals surface area contributed by atoms with E-state index in [0.717, 1.165) is 25.3 Å². The second-order valence-corrected chi connectivity index (χ2v) is 4.72. The minimum atomic E-state index is -0.186. The van der Waals surface area contributed by atoms with Gasteiger partial charge in [0, 0.05) is 12.3 Å². The van der Waals surface area contributed by atoms with Crippen molar-refractivity contribution in [2.24, 2.45) is 5.92 Å². The summed E-state index contributed by atoms with van der Waals surface area (Å²) in [5.41, 5.74) is 1.25. The van der Waals surface area contributed by atoms with Crippen LogP contribution in [0.5, 0.6) is 0 Å². The monoisotopic (exact) mass is 185 g/mol. The largest absolute Gasteiger partial charge is 0.388 e. The van der Waals surface area contributed by atoms with E-state index in [1.165, 1.54) is 10.5 Å². The Labute approximate surface area is 77.4 Å². The first-order chi connectivity index (χ1) is 5.79. The molecule has 0 unspecified atom stereocenters. The Morgan fingerprint density at radius 1 is 1.58 bits per heavy atom. The highest BCUT2D eigenvalue weighted by molar-refractivity contribution is 8.03. The van der Waals surface area contributed by atoms with Crippen LogP contribution in [0.15, 0.2) is 10.5 Å². The molecule has 2 rings (SSSR count). The van der Waals surface area contributed by atoms with E-state index in [1.807, 2.05) is 11.8 Å². The van der Waals surface area contributed by atoms with Crippen LogP contribution in [0.25, 0.3) is 0 Å². The quantitative estimate of drug-likeness (QED) is 0.590. The van der Waals surface area contributed by atoms with Crippen LogP contribution in [0.3, 0.4) is 0 Å². The van der Waals surface area contributed by atoms with Gasteiger partial charge in [0.2, 0.25) is 0 Å². The number of aliphatic hydroxyl groups is 1. The predicted molar refractivity (Wildman–Crippen MR) is 52.1 cm³/mol. The maximum atomic E-state index is 9.86. The lowest BCUT2D eigenvalue weighted by Crippen LogP contribution is -2.36. The van der Waals surface area contributed by atoms with Crippen LogP contribution >= 0.6 is 11.8 Å². The molecule has 2 nitrogen and oxygen atoms in total. The van der Waals surface area contributed by atoms with Gasteiger partial charge < -0.3 is 10.4 Å². The van der Waals surface area contributed by atoms with Gasteiger partial charge in [0.05, 0.1) is 6.10 Å². The SMILES string of the molecule is C[C@H]1CSC2=C(CNCC2)[C@@H]1O. The van der Waals surface area contributed by atoms with E-state index in [1.54, 1.807) is 0 Å². The van der Waals surface area contributed by atoms with Crippen LogP contribution in [0.4, 0.5) is 0 Å². The summed E-state index contributed by atoms with van der Waals surface area (Å²) in [4.78, 5) is 1.44. The fourth-order valence-corrected chi connectivity index (χ4v) is 3.06. The average molecular weight is 185 g/mol. The van der Waals surface area contributed by atoms with Crippen LogP contribution in [0.2, 0.25) is 0 Å². The number of hydrogen-bond acceptors (Lipinski definition) is 3. The molecule has 0 fully saturated rings. The van der Waals surface area contributed by atoms with Crippen LogP contribution in [-0.2, 0) is 0 Å². The molecule has 0 saturated heterocycles. The molecule has 12 heavy (non-hydrogen) atoms. The van der Waals surface area contributed by atoms with Gasteiger partial charge in [-0.1, -0.05) is 6.92 Å². The molecule has 2 aliphatic rings. The summed E-state index contributed by atoms with van der Waals surface area (Å²) in [6.07, 6.45) is 0.929. The van der Waals surface area contributed by atoms with E-state index < -0.39 is 0 Å². The molecule has 2 N–H and O–H groups in total. The van der Waals surface area contributed by atoms with Gasteiger partial charge in [0.15, 0.2) is 0 Å². The summed E-state index contributed by atoms with van der Waals surface area (Å²) in [5, 5.41) is 13.2. The Hall–Kier alpha value is 0.01000. The Morgan fingerprint density at radius 2 is 2.42 bits per heavy atom. The van der Waals surface area contributed by atoms with Gasteiger partial charge in [-0.15, -0.1) is 11.8 Å². The fraction of sp³-hybridized carbons (Fsp3) is 0.778. The number of aliphatic hydroxyl groups excluding tert-OH is 1. The molecule has 0 spiro atoms. The van der Waals surface area contributed by atoms with Crippen LogP contribution in [0.1, 0.15) is 13.3 Å². The molecule has 0 aromatic carbocycles. The van der Waals surface area contributed by atoms with E-state index in [9.17, 15) is 5.11 Å². The molecule has 2 atom stereocenters. The number of rotatable bonds is 0. The molecule has 68 valence electrons. The third-order valence-corrected chi connectivity index (χ3v) is 4.13. The molecule has 3 heteroatoms. The molecular formula is C9H15NOS. The van der Waals surface area contributed by atoms with Gasteiger partial charge in [-0.25, -0.2) is 0 Å². The minimum absolute atomic E-state index is 0.186. The first-order valence-electron chi connectivity index (χ1n) is 4.52. The maximum absolute atomic E-state index is 9.86. The lowest BCUT2D eigenvalue weighted by Gasteiger charge is -2.32. The molecular weight excluding hydrogens is 170 g/mol. The summed E-state index contributed by atoms with van der Waals surface area (Å²) >= 11 is 1.94. The average Bonchev–Trinajstić information content (AvgIpc) is 2.12. The summed E-state index contributed by atoms with van der Waals surface area (Å²) in [6.45, 7) is 4.09. The third-order valence-electron chi connectivity index (χ3n) is 2.62. The molecule has 2 heterocycles. The first kappa shape index (κ1) is 8.60. The summed E-state index contributed by atoms with van der Waals surface area (Å²) in [6, 6.07) is 0. The van der Waals surface area contributed by atoms with Gasteiger partial charge in [0.25, 0.3) is 0 Å². The summed E-state index contributed by atoms with van der Waals surface area (Å²) in [7, 11) is 0. The van der Waals surface area contributed by atoms with Gasteiger partial charge in [-0.05, 0) is 29.4 Å². The Kier molecular flexibility index (Phi) is 2.44. The van der Waals surface area contributed by atoms with Gasteiger partial charge >= 0.3 is 0 Å². The number of nitrogens with one attached hydrogen (secondary N) is 1. The lowest BCUT2D eigenvalue weighted by atomic mass is 9.95. The van der Waals surface area contributed by atoms with Crippen molar-refractivity contribution in [2.45, 2.75) is 19.4 Å². The third kappa shape index (κ3) is 1.41. The zero-order chi connectivity index (χ0) is 8.55. The second kappa shape index (κ2) is 3.40. The predicted octanol–water partition coefficient (Wildman–Crippen LogP) is 0.978. The van der Waals surface area contributed by atoms with E-state index in [4.69, 9.17) is 0 Å². The Morgan fingerprint density at radius 3 is 3.25 bits per heavy atom. The Bertz CT molecular complexity index is 215. The van der Waals surface area contributed by atoms with Crippen molar-refractivity contribution in [3.63, 3.8) is 0 Å². The molecule has 0 bridgehead atoms. The fourth-order valence-electron chi connectivity index (χ4n) is 1.79. The van der Waals surface area contributed by atoms with E-state index >= 15 is 0 Å². The van der Waals surface area contributed by atoms with E-state index in [0.29, 0.717) is 5.92 Å². The molecule has 0 radical (unpaired) electrons. The van der Waals surface area contributed by atoms with Crippen molar-refractivity contribution in [3.8, 4) is 0 Å². The normalized spacial score (nSPS) is 36.5. The molecule has 0 aliphatic carbocycles. The first-order valence-corrected chi connectivity index (χ1v) is 5.51. The molecule has 2 aliphatic heterocycles. The van der Waals surface area contributed by atoms with Crippen molar-refractivity contribution in [1.82, 2.24) is 5.32 Å².